The molecule has 2 N–H and O–H groups in total. The van der Waals surface area contributed by atoms with E-state index >= 15 is 0 Å². The number of benzene rings is 1. The van der Waals surface area contributed by atoms with Gasteiger partial charge in [-0.2, -0.15) is 5.26 Å². The van der Waals surface area contributed by atoms with Crippen LogP contribution in [0.25, 0.3) is 10.8 Å². The van der Waals surface area contributed by atoms with Crippen LogP contribution in [0.3, 0.4) is 0 Å². The number of pyridine rings is 1. The van der Waals surface area contributed by atoms with Crippen molar-refractivity contribution in [2.24, 2.45) is 11.3 Å². The number of rotatable bonds is 3. The van der Waals surface area contributed by atoms with Crippen LogP contribution in [0.2, 0.25) is 0 Å². The van der Waals surface area contributed by atoms with Crippen LogP contribution in [0.5, 0.6) is 0 Å². The molecule has 1 amide bonds. The highest BCUT2D eigenvalue weighted by atomic mass is 19.1. The number of carbonyl (C=O) groups is 1. The summed E-state index contributed by atoms with van der Waals surface area (Å²) in [6.07, 6.45) is 2.64. The molecule has 0 aliphatic heterocycles. The lowest BCUT2D eigenvalue weighted by Crippen LogP contribution is -2.21. The van der Waals surface area contributed by atoms with Gasteiger partial charge < -0.3 is 10.4 Å². The van der Waals surface area contributed by atoms with E-state index in [4.69, 9.17) is 0 Å². The Kier molecular flexibility index (Phi) is 3.38. The average Bonchev–Trinajstić information content (AvgIpc) is 3.55. The van der Waals surface area contributed by atoms with Crippen LogP contribution in [0.15, 0.2) is 30.5 Å². The quantitative estimate of drug-likeness (QED) is 0.874. The highest BCUT2D eigenvalue weighted by Crippen LogP contribution is 2.78. The first kappa shape index (κ1) is 16.6. The summed E-state index contributed by atoms with van der Waals surface area (Å²) in [6, 6.07) is 10.3. The molecule has 27 heavy (non-hydrogen) atoms. The van der Waals surface area contributed by atoms with E-state index in [0.717, 1.165) is 35.6 Å². The molecule has 1 aromatic carbocycles. The van der Waals surface area contributed by atoms with E-state index in [9.17, 15) is 19.6 Å². The molecule has 3 aliphatic rings. The zero-order chi connectivity index (χ0) is 18.8. The summed E-state index contributed by atoms with van der Waals surface area (Å²) in [5.74, 6) is -0.448. The smallest absolute Gasteiger partial charge is 0.228 e. The number of halogens is 1. The Balaban J connectivity index is 1.40. The van der Waals surface area contributed by atoms with Gasteiger partial charge in [0.1, 0.15) is 12.0 Å². The monoisotopic (exact) mass is 365 g/mol. The molecule has 3 saturated carbocycles. The molecule has 0 saturated heterocycles. The first-order chi connectivity index (χ1) is 13.0. The number of aliphatic hydroxyl groups is 1. The van der Waals surface area contributed by atoms with Crippen molar-refractivity contribution in [1.82, 2.24) is 4.98 Å². The van der Waals surface area contributed by atoms with Crippen LogP contribution in [0, 0.1) is 22.7 Å². The molecule has 4 atom stereocenters. The first-order valence-electron chi connectivity index (χ1n) is 9.41. The summed E-state index contributed by atoms with van der Waals surface area (Å²) in [6.45, 7) is 0. The van der Waals surface area contributed by atoms with E-state index in [2.05, 4.69) is 16.4 Å². The Morgan fingerprint density at radius 3 is 2.74 bits per heavy atom. The second-order valence-corrected chi connectivity index (χ2v) is 8.35. The number of nitrogens with zero attached hydrogens (tertiary/aromatic N) is 2. The fraction of sp³-hybridized carbons (Fsp3) is 0.476. The number of fused-ring (bicyclic) bond motifs is 1. The predicted octanol–water partition coefficient (Wildman–Crippen LogP) is 3.23. The fourth-order valence-electron chi connectivity index (χ4n) is 4.73. The lowest BCUT2D eigenvalue weighted by atomic mass is 9.92. The van der Waals surface area contributed by atoms with Gasteiger partial charge in [0.05, 0.1) is 17.6 Å². The third-order valence-electron chi connectivity index (χ3n) is 6.72. The number of anilines is 1. The predicted molar refractivity (Wildman–Crippen MR) is 97.6 cm³/mol. The van der Waals surface area contributed by atoms with Crippen molar-refractivity contribution in [3.63, 3.8) is 0 Å². The SMILES string of the molecule is N#CC1(c2ccc3cnc(NC(=O)[C@@H]4C[C@@H](O)[C@H](F)C4)cc3c2)CC12CC2. The summed E-state index contributed by atoms with van der Waals surface area (Å²) in [4.78, 5) is 16.6. The van der Waals surface area contributed by atoms with E-state index in [1.165, 1.54) is 0 Å². The van der Waals surface area contributed by atoms with Crippen molar-refractivity contribution in [3.8, 4) is 6.07 Å². The fourth-order valence-corrected chi connectivity index (χ4v) is 4.73. The van der Waals surface area contributed by atoms with Crippen LogP contribution in [0.4, 0.5) is 10.2 Å². The standard InChI is InChI=1S/C21H20FN3O2/c22-16-6-14(7-17(16)26)19(27)25-18-8-13-5-15(2-1-12(13)9-24-18)21(11-23)10-20(21)3-4-20/h1-2,5,8-9,14,16-17,26H,3-4,6-7,10H2,(H,24,25,27)/t14-,16+,17+,21?/m0/s1. The Labute approximate surface area is 156 Å². The first-order valence-corrected chi connectivity index (χ1v) is 9.41. The Morgan fingerprint density at radius 2 is 2.11 bits per heavy atom. The molecular weight excluding hydrogens is 345 g/mol. The number of aliphatic hydroxyl groups excluding tert-OH is 1. The number of nitrogens with one attached hydrogen (secondary N) is 1. The zero-order valence-corrected chi connectivity index (χ0v) is 14.8. The molecule has 0 bridgehead atoms. The molecule has 3 aliphatic carbocycles. The van der Waals surface area contributed by atoms with Gasteiger partial charge in [-0.3, -0.25) is 4.79 Å². The number of alkyl halides is 1. The zero-order valence-electron chi connectivity index (χ0n) is 14.8. The molecule has 3 fully saturated rings. The number of hydrogen-bond donors (Lipinski definition) is 2. The highest BCUT2D eigenvalue weighted by Gasteiger charge is 2.75. The Bertz CT molecular complexity index is 987. The molecule has 5 rings (SSSR count). The minimum Gasteiger partial charge on any atom is -0.390 e. The number of amides is 1. The summed E-state index contributed by atoms with van der Waals surface area (Å²) >= 11 is 0. The van der Waals surface area contributed by atoms with Crippen LogP contribution in [-0.2, 0) is 10.2 Å². The van der Waals surface area contributed by atoms with Crippen molar-refractivity contribution in [1.29, 1.82) is 5.26 Å². The molecule has 2 aromatic rings. The van der Waals surface area contributed by atoms with E-state index < -0.39 is 18.2 Å². The number of aromatic nitrogens is 1. The van der Waals surface area contributed by atoms with Gasteiger partial charge in [-0.1, -0.05) is 12.1 Å². The lowest BCUT2D eigenvalue weighted by molar-refractivity contribution is -0.120. The topological polar surface area (TPSA) is 86.0 Å². The number of nitriles is 1. The van der Waals surface area contributed by atoms with Crippen molar-refractivity contribution in [2.75, 3.05) is 5.32 Å². The molecule has 1 unspecified atom stereocenters. The highest BCUT2D eigenvalue weighted by molar-refractivity contribution is 5.94. The Morgan fingerprint density at radius 1 is 1.30 bits per heavy atom. The Hall–Kier alpha value is -2.52. The minimum absolute atomic E-state index is 0.0392. The van der Waals surface area contributed by atoms with Gasteiger partial charge >= 0.3 is 0 Å². The van der Waals surface area contributed by atoms with Crippen LogP contribution < -0.4 is 5.32 Å². The van der Waals surface area contributed by atoms with Crippen molar-refractivity contribution < 1.29 is 14.3 Å². The maximum absolute atomic E-state index is 13.5. The molecule has 1 heterocycles. The summed E-state index contributed by atoms with van der Waals surface area (Å²) in [5.41, 5.74) is 0.882. The lowest BCUT2D eigenvalue weighted by Gasteiger charge is -2.12. The maximum Gasteiger partial charge on any atom is 0.228 e. The number of carbonyl (C=O) groups excluding carboxylic acids is 1. The van der Waals surface area contributed by atoms with Gasteiger partial charge in [-0.25, -0.2) is 9.37 Å². The second kappa shape index (κ2) is 5.49. The van der Waals surface area contributed by atoms with E-state index in [1.54, 1.807) is 12.3 Å². The largest absolute Gasteiger partial charge is 0.390 e. The molecule has 138 valence electrons. The van der Waals surface area contributed by atoms with Crippen molar-refractivity contribution >= 4 is 22.5 Å². The van der Waals surface area contributed by atoms with Gasteiger partial charge in [0.15, 0.2) is 0 Å². The molecule has 0 radical (unpaired) electrons. The van der Waals surface area contributed by atoms with Crippen LogP contribution >= 0.6 is 0 Å². The van der Waals surface area contributed by atoms with E-state index in [1.807, 2.05) is 18.2 Å². The molecule has 1 aromatic heterocycles. The van der Waals surface area contributed by atoms with E-state index in [-0.39, 0.29) is 29.6 Å². The van der Waals surface area contributed by atoms with E-state index in [0.29, 0.717) is 5.82 Å². The third kappa shape index (κ3) is 2.45. The summed E-state index contributed by atoms with van der Waals surface area (Å²) in [7, 11) is 0. The van der Waals surface area contributed by atoms with Crippen molar-refractivity contribution in [2.45, 2.75) is 49.8 Å². The summed E-state index contributed by atoms with van der Waals surface area (Å²) < 4.78 is 13.5. The second-order valence-electron chi connectivity index (χ2n) is 8.35. The molecule has 6 heteroatoms. The van der Waals surface area contributed by atoms with Gasteiger partial charge in [-0.15, -0.1) is 0 Å². The molecule has 1 spiro atoms. The minimum atomic E-state index is -1.34. The van der Waals surface area contributed by atoms with Crippen molar-refractivity contribution in [3.05, 3.63) is 36.0 Å². The molecular formula is C21H20FN3O2. The summed E-state index contributed by atoms with van der Waals surface area (Å²) in [5, 5.41) is 23.8. The van der Waals surface area contributed by atoms with Gasteiger partial charge in [-0.05, 0) is 60.6 Å². The molecule has 5 nitrogen and oxygen atoms in total. The number of hydrogen-bond acceptors (Lipinski definition) is 4. The maximum atomic E-state index is 13.5. The van der Waals surface area contributed by atoms with Gasteiger partial charge in [0.2, 0.25) is 5.91 Å². The third-order valence-corrected chi connectivity index (χ3v) is 6.72. The van der Waals surface area contributed by atoms with Gasteiger partial charge in [0, 0.05) is 17.5 Å². The van der Waals surface area contributed by atoms with Crippen LogP contribution in [-0.4, -0.2) is 28.3 Å². The normalized spacial score (nSPS) is 33.0. The van der Waals surface area contributed by atoms with Crippen LogP contribution in [0.1, 0.15) is 37.7 Å². The average molecular weight is 365 g/mol. The van der Waals surface area contributed by atoms with Gasteiger partial charge in [0.25, 0.3) is 0 Å².